The van der Waals surface area contributed by atoms with Gasteiger partial charge < -0.3 is 4.90 Å². The topological polar surface area (TPSA) is 101 Å². The van der Waals surface area contributed by atoms with Crippen molar-refractivity contribution in [1.29, 1.82) is 0 Å². The Morgan fingerprint density at radius 1 is 0.968 bits per heavy atom. The number of fused-ring (bicyclic) bond motifs is 1. The van der Waals surface area contributed by atoms with E-state index in [0.29, 0.717) is 0 Å². The van der Waals surface area contributed by atoms with E-state index in [1.54, 1.807) is 12.1 Å². The van der Waals surface area contributed by atoms with Gasteiger partial charge in [0.25, 0.3) is 11.6 Å². The number of rotatable bonds is 4. The molecule has 1 fully saturated rings. The van der Waals surface area contributed by atoms with Crippen molar-refractivity contribution in [2.75, 3.05) is 26.2 Å². The third kappa shape index (κ3) is 4.30. The molecule has 0 spiro atoms. The Balaban J connectivity index is 1.48. The highest BCUT2D eigenvalue weighted by Gasteiger charge is 2.33. The number of benzene rings is 2. The Bertz CT molecular complexity index is 1140. The van der Waals surface area contributed by atoms with Crippen molar-refractivity contribution >= 4 is 33.2 Å². The van der Waals surface area contributed by atoms with Gasteiger partial charge in [0.05, 0.1) is 9.82 Å². The molecule has 0 aromatic heterocycles. The van der Waals surface area contributed by atoms with Crippen molar-refractivity contribution in [2.24, 2.45) is 0 Å². The predicted octanol–water partition coefficient (Wildman–Crippen LogP) is 3.27. The van der Waals surface area contributed by atoms with Crippen molar-refractivity contribution in [3.63, 3.8) is 0 Å². The van der Waals surface area contributed by atoms with Crippen molar-refractivity contribution in [2.45, 2.75) is 30.6 Å². The fraction of sp³-hybridized carbons (Fsp3) is 0.381. The summed E-state index contributed by atoms with van der Waals surface area (Å²) in [4.78, 5) is 25.2. The van der Waals surface area contributed by atoms with Crippen LogP contribution in [0.25, 0.3) is 0 Å². The molecule has 1 amide bonds. The van der Waals surface area contributed by atoms with Gasteiger partial charge in [0.1, 0.15) is 5.56 Å². The second-order valence-electron chi connectivity index (χ2n) is 7.75. The lowest BCUT2D eigenvalue weighted by Gasteiger charge is -2.34. The molecule has 0 atom stereocenters. The second kappa shape index (κ2) is 8.57. The second-order valence-corrected chi connectivity index (χ2v) is 10.1. The standard InChI is InChI=1S/C21H22ClN3O5S/c22-17-6-8-19(20(14-17)25(27)28)21(26)23-9-11-24(12-10-23)31(29,30)18-7-5-15-3-1-2-4-16(15)13-18/h5-8,13-14H,1-4,9-12H2. The third-order valence-electron chi connectivity index (χ3n) is 5.87. The first-order valence-electron chi connectivity index (χ1n) is 10.1. The van der Waals surface area contributed by atoms with Crippen LogP contribution in [0, 0.1) is 10.1 Å². The molecule has 1 heterocycles. The number of carbonyl (C=O) groups excluding carboxylic acids is 1. The predicted molar refractivity (Wildman–Crippen MR) is 116 cm³/mol. The number of halogens is 1. The van der Waals surface area contributed by atoms with Crippen LogP contribution in [0.15, 0.2) is 41.3 Å². The molecular formula is C21H22ClN3O5S. The number of hydrogen-bond acceptors (Lipinski definition) is 5. The van der Waals surface area contributed by atoms with E-state index in [4.69, 9.17) is 11.6 Å². The van der Waals surface area contributed by atoms with E-state index in [2.05, 4.69) is 0 Å². The number of carbonyl (C=O) groups is 1. The summed E-state index contributed by atoms with van der Waals surface area (Å²) in [6, 6.07) is 9.25. The van der Waals surface area contributed by atoms with Gasteiger partial charge in [0.2, 0.25) is 10.0 Å². The van der Waals surface area contributed by atoms with Gasteiger partial charge in [0.15, 0.2) is 0 Å². The molecule has 0 unspecified atom stereocenters. The Labute approximate surface area is 185 Å². The summed E-state index contributed by atoms with van der Waals surface area (Å²) in [7, 11) is -3.67. The average Bonchev–Trinajstić information content (AvgIpc) is 2.78. The molecule has 0 bridgehead atoms. The first kappa shape index (κ1) is 21.7. The maximum atomic E-state index is 13.1. The lowest BCUT2D eigenvalue weighted by Crippen LogP contribution is -2.50. The van der Waals surface area contributed by atoms with Gasteiger partial charge in [0, 0.05) is 37.3 Å². The van der Waals surface area contributed by atoms with E-state index in [9.17, 15) is 23.3 Å². The molecule has 0 saturated carbocycles. The van der Waals surface area contributed by atoms with Crippen molar-refractivity contribution < 1.29 is 18.1 Å². The van der Waals surface area contributed by atoms with Crippen LogP contribution in [0.3, 0.4) is 0 Å². The number of sulfonamides is 1. The number of nitrogens with zero attached hydrogens (tertiary/aromatic N) is 3. The number of aryl methyl sites for hydroxylation is 2. The third-order valence-corrected chi connectivity index (χ3v) is 8.00. The molecule has 0 N–H and O–H groups in total. The Kier molecular flexibility index (Phi) is 6.00. The lowest BCUT2D eigenvalue weighted by molar-refractivity contribution is -0.385. The van der Waals surface area contributed by atoms with E-state index in [1.165, 1.54) is 26.9 Å². The smallest absolute Gasteiger partial charge is 0.283 e. The molecule has 2 aromatic carbocycles. The highest BCUT2D eigenvalue weighted by atomic mass is 35.5. The number of nitro benzene ring substituents is 1. The first-order chi connectivity index (χ1) is 14.8. The number of amides is 1. The normalized spacial score (nSPS) is 17.3. The molecule has 2 aromatic rings. The van der Waals surface area contributed by atoms with Crippen LogP contribution in [0.4, 0.5) is 5.69 Å². The summed E-state index contributed by atoms with van der Waals surface area (Å²) in [5.41, 5.74) is 1.89. The zero-order chi connectivity index (χ0) is 22.2. The van der Waals surface area contributed by atoms with E-state index in [-0.39, 0.29) is 47.3 Å². The van der Waals surface area contributed by atoms with E-state index >= 15 is 0 Å². The fourth-order valence-electron chi connectivity index (χ4n) is 4.16. The van der Waals surface area contributed by atoms with Crippen LogP contribution in [0.5, 0.6) is 0 Å². The van der Waals surface area contributed by atoms with Gasteiger partial charge in [-0.05, 0) is 61.1 Å². The molecule has 0 radical (unpaired) electrons. The summed E-state index contributed by atoms with van der Waals surface area (Å²) >= 11 is 5.82. The van der Waals surface area contributed by atoms with E-state index in [0.717, 1.165) is 37.3 Å². The molecule has 2 aliphatic rings. The minimum atomic E-state index is -3.67. The minimum absolute atomic E-state index is 0.0552. The Morgan fingerprint density at radius 2 is 1.65 bits per heavy atom. The van der Waals surface area contributed by atoms with Crippen LogP contribution in [-0.4, -0.2) is 54.6 Å². The van der Waals surface area contributed by atoms with Gasteiger partial charge in [-0.3, -0.25) is 14.9 Å². The molecular weight excluding hydrogens is 442 g/mol. The highest BCUT2D eigenvalue weighted by molar-refractivity contribution is 7.89. The summed E-state index contributed by atoms with van der Waals surface area (Å²) < 4.78 is 27.6. The van der Waals surface area contributed by atoms with Gasteiger partial charge >= 0.3 is 0 Å². The molecule has 1 aliphatic heterocycles. The van der Waals surface area contributed by atoms with Gasteiger partial charge in [-0.1, -0.05) is 17.7 Å². The van der Waals surface area contributed by atoms with Crippen molar-refractivity contribution in [3.05, 3.63) is 68.2 Å². The number of hydrogen-bond donors (Lipinski definition) is 0. The van der Waals surface area contributed by atoms with Crippen LogP contribution < -0.4 is 0 Å². The lowest BCUT2D eigenvalue weighted by atomic mass is 9.92. The maximum absolute atomic E-state index is 13.1. The minimum Gasteiger partial charge on any atom is -0.336 e. The Morgan fingerprint density at radius 3 is 2.32 bits per heavy atom. The van der Waals surface area contributed by atoms with Crippen LogP contribution in [-0.2, 0) is 22.9 Å². The maximum Gasteiger partial charge on any atom is 0.283 e. The summed E-state index contributed by atoms with van der Waals surface area (Å²) in [6.45, 7) is 0.574. The summed E-state index contributed by atoms with van der Waals surface area (Å²) in [6.07, 6.45) is 4.06. The van der Waals surface area contributed by atoms with E-state index < -0.39 is 20.9 Å². The quantitative estimate of drug-likeness (QED) is 0.511. The Hall–Kier alpha value is -2.49. The zero-order valence-corrected chi connectivity index (χ0v) is 18.4. The molecule has 4 rings (SSSR count). The number of nitro groups is 1. The fourth-order valence-corrected chi connectivity index (χ4v) is 5.80. The van der Waals surface area contributed by atoms with Crippen molar-refractivity contribution in [3.8, 4) is 0 Å². The largest absolute Gasteiger partial charge is 0.336 e. The van der Waals surface area contributed by atoms with E-state index in [1.807, 2.05) is 6.07 Å². The van der Waals surface area contributed by atoms with Gasteiger partial charge in [-0.25, -0.2) is 8.42 Å². The number of piperazine rings is 1. The van der Waals surface area contributed by atoms with Crippen LogP contribution in [0.2, 0.25) is 5.02 Å². The SMILES string of the molecule is O=C(c1ccc(Cl)cc1[N+](=O)[O-])N1CCN(S(=O)(=O)c2ccc3c(c2)CCCC3)CC1. The van der Waals surface area contributed by atoms with Crippen molar-refractivity contribution in [1.82, 2.24) is 9.21 Å². The molecule has 31 heavy (non-hydrogen) atoms. The highest BCUT2D eigenvalue weighted by Crippen LogP contribution is 2.28. The first-order valence-corrected chi connectivity index (χ1v) is 11.9. The van der Waals surface area contributed by atoms with Gasteiger partial charge in [-0.15, -0.1) is 0 Å². The van der Waals surface area contributed by atoms with Crippen LogP contribution in [0.1, 0.15) is 34.3 Å². The molecule has 1 aliphatic carbocycles. The van der Waals surface area contributed by atoms with Crippen LogP contribution >= 0.6 is 11.6 Å². The molecule has 8 nitrogen and oxygen atoms in total. The molecule has 10 heteroatoms. The zero-order valence-electron chi connectivity index (χ0n) is 16.8. The summed E-state index contributed by atoms with van der Waals surface area (Å²) in [5.74, 6) is -0.505. The summed E-state index contributed by atoms with van der Waals surface area (Å²) in [5, 5.41) is 11.5. The van der Waals surface area contributed by atoms with Gasteiger partial charge in [-0.2, -0.15) is 4.31 Å². The monoisotopic (exact) mass is 463 g/mol. The molecule has 1 saturated heterocycles. The average molecular weight is 464 g/mol. The molecule has 164 valence electrons.